The molecule has 1 heterocycles. The summed E-state index contributed by atoms with van der Waals surface area (Å²) >= 11 is 0. The zero-order chi connectivity index (χ0) is 14.9. The van der Waals surface area contributed by atoms with Gasteiger partial charge in [-0.15, -0.1) is 0 Å². The van der Waals surface area contributed by atoms with Gasteiger partial charge in [-0.1, -0.05) is 30.3 Å². The van der Waals surface area contributed by atoms with E-state index in [0.29, 0.717) is 19.5 Å². The average Bonchev–Trinajstić information content (AvgIpc) is 3.03. The second kappa shape index (κ2) is 8.64. The van der Waals surface area contributed by atoms with Gasteiger partial charge in [0.2, 0.25) is 0 Å². The molecular weight excluding hydrogens is 268 g/mol. The molecule has 21 heavy (non-hydrogen) atoms. The normalized spacial score (nSPS) is 19.2. The Balaban J connectivity index is 1.74. The number of aliphatic hydroxyl groups is 1. The molecule has 2 amide bonds. The molecule has 0 saturated carbocycles. The minimum Gasteiger partial charge on any atom is -0.396 e. The van der Waals surface area contributed by atoms with E-state index in [9.17, 15) is 4.79 Å². The van der Waals surface area contributed by atoms with Gasteiger partial charge in [-0.2, -0.15) is 0 Å². The van der Waals surface area contributed by atoms with Crippen LogP contribution < -0.4 is 10.6 Å². The van der Waals surface area contributed by atoms with E-state index in [-0.39, 0.29) is 24.7 Å². The minimum absolute atomic E-state index is 0.110. The average molecular weight is 292 g/mol. The Morgan fingerprint density at radius 3 is 2.81 bits per heavy atom. The molecule has 1 aliphatic heterocycles. The van der Waals surface area contributed by atoms with Crippen LogP contribution in [-0.4, -0.2) is 43.5 Å². The summed E-state index contributed by atoms with van der Waals surface area (Å²) in [7, 11) is 0. The van der Waals surface area contributed by atoms with Crippen LogP contribution in [0.15, 0.2) is 30.3 Å². The van der Waals surface area contributed by atoms with E-state index >= 15 is 0 Å². The first-order valence-electron chi connectivity index (χ1n) is 7.58. The number of hydrogen-bond donors (Lipinski definition) is 3. The highest BCUT2D eigenvalue weighted by molar-refractivity contribution is 5.73. The lowest BCUT2D eigenvalue weighted by molar-refractivity contribution is 0.111. The van der Waals surface area contributed by atoms with Crippen LogP contribution in [0.4, 0.5) is 4.79 Å². The van der Waals surface area contributed by atoms with Crippen LogP contribution in [0.3, 0.4) is 0 Å². The predicted octanol–water partition coefficient (Wildman–Crippen LogP) is 1.63. The van der Waals surface area contributed by atoms with Crippen molar-refractivity contribution in [1.82, 2.24) is 10.6 Å². The number of amides is 2. The van der Waals surface area contributed by atoms with Crippen LogP contribution in [0, 0.1) is 0 Å². The third kappa shape index (κ3) is 5.36. The molecule has 1 aromatic carbocycles. The molecule has 0 aromatic heterocycles. The summed E-state index contributed by atoms with van der Waals surface area (Å²) in [6.07, 6.45) is 2.87. The SMILES string of the molecule is O=C(NCC1CCCO1)NCC(CCO)c1ccccc1. The van der Waals surface area contributed by atoms with E-state index in [1.165, 1.54) is 0 Å². The number of benzene rings is 1. The summed E-state index contributed by atoms with van der Waals surface area (Å²) in [5.41, 5.74) is 1.13. The first-order chi connectivity index (χ1) is 10.3. The van der Waals surface area contributed by atoms with Crippen LogP contribution >= 0.6 is 0 Å². The second-order valence-corrected chi connectivity index (χ2v) is 5.35. The number of aliphatic hydroxyl groups excluding tert-OH is 1. The maximum atomic E-state index is 11.8. The highest BCUT2D eigenvalue weighted by Crippen LogP contribution is 2.18. The molecule has 5 nitrogen and oxygen atoms in total. The number of hydrogen-bond acceptors (Lipinski definition) is 3. The van der Waals surface area contributed by atoms with Crippen LogP contribution in [0.5, 0.6) is 0 Å². The third-order valence-corrected chi connectivity index (χ3v) is 3.77. The molecule has 116 valence electrons. The van der Waals surface area contributed by atoms with Crippen molar-refractivity contribution in [3.63, 3.8) is 0 Å². The largest absolute Gasteiger partial charge is 0.396 e. The number of carbonyl (C=O) groups is 1. The van der Waals surface area contributed by atoms with E-state index in [1.807, 2.05) is 30.3 Å². The van der Waals surface area contributed by atoms with Crippen LogP contribution in [0.2, 0.25) is 0 Å². The van der Waals surface area contributed by atoms with E-state index < -0.39 is 0 Å². The Morgan fingerprint density at radius 1 is 1.33 bits per heavy atom. The van der Waals surface area contributed by atoms with Crippen molar-refractivity contribution in [2.24, 2.45) is 0 Å². The maximum Gasteiger partial charge on any atom is 0.314 e. The van der Waals surface area contributed by atoms with Gasteiger partial charge in [-0.25, -0.2) is 4.79 Å². The molecule has 2 atom stereocenters. The van der Waals surface area contributed by atoms with Gasteiger partial charge in [-0.3, -0.25) is 0 Å². The fraction of sp³-hybridized carbons (Fsp3) is 0.562. The molecule has 0 bridgehead atoms. The van der Waals surface area contributed by atoms with Gasteiger partial charge >= 0.3 is 6.03 Å². The Bertz CT molecular complexity index is 419. The number of nitrogens with one attached hydrogen (secondary N) is 2. The number of ether oxygens (including phenoxy) is 1. The van der Waals surface area contributed by atoms with Crippen molar-refractivity contribution >= 4 is 6.03 Å². The van der Waals surface area contributed by atoms with Crippen LogP contribution in [-0.2, 0) is 4.74 Å². The topological polar surface area (TPSA) is 70.6 Å². The van der Waals surface area contributed by atoms with E-state index in [2.05, 4.69) is 10.6 Å². The Morgan fingerprint density at radius 2 is 2.14 bits per heavy atom. The molecule has 1 aliphatic rings. The van der Waals surface area contributed by atoms with Crippen molar-refractivity contribution in [3.8, 4) is 0 Å². The van der Waals surface area contributed by atoms with Crippen LogP contribution in [0.1, 0.15) is 30.7 Å². The van der Waals surface area contributed by atoms with Crippen molar-refractivity contribution < 1.29 is 14.6 Å². The lowest BCUT2D eigenvalue weighted by Gasteiger charge is -2.18. The number of urea groups is 1. The first-order valence-corrected chi connectivity index (χ1v) is 7.58. The van der Waals surface area contributed by atoms with Crippen molar-refractivity contribution in [2.45, 2.75) is 31.3 Å². The van der Waals surface area contributed by atoms with Gasteiger partial charge in [0, 0.05) is 32.2 Å². The summed E-state index contributed by atoms with van der Waals surface area (Å²) in [6, 6.07) is 9.76. The standard InChI is InChI=1S/C16H24N2O3/c19-9-8-14(13-5-2-1-3-6-13)11-17-16(20)18-12-15-7-4-10-21-15/h1-3,5-6,14-15,19H,4,7-12H2,(H2,17,18,20). The molecule has 1 saturated heterocycles. The molecule has 5 heteroatoms. The molecule has 1 fully saturated rings. The molecule has 0 spiro atoms. The Hall–Kier alpha value is -1.59. The fourth-order valence-corrected chi connectivity index (χ4v) is 2.56. The zero-order valence-corrected chi connectivity index (χ0v) is 12.3. The smallest absolute Gasteiger partial charge is 0.314 e. The molecule has 0 radical (unpaired) electrons. The highest BCUT2D eigenvalue weighted by atomic mass is 16.5. The lowest BCUT2D eigenvalue weighted by Crippen LogP contribution is -2.41. The van der Waals surface area contributed by atoms with Crippen molar-refractivity contribution in [3.05, 3.63) is 35.9 Å². The zero-order valence-electron chi connectivity index (χ0n) is 12.3. The first kappa shape index (κ1) is 15.8. The third-order valence-electron chi connectivity index (χ3n) is 3.77. The van der Waals surface area contributed by atoms with E-state index in [4.69, 9.17) is 9.84 Å². The quantitative estimate of drug-likeness (QED) is 0.715. The summed E-state index contributed by atoms with van der Waals surface area (Å²) in [5.74, 6) is 0.129. The van der Waals surface area contributed by atoms with Crippen LogP contribution in [0.25, 0.3) is 0 Å². The Kier molecular flexibility index (Phi) is 6.50. The monoisotopic (exact) mass is 292 g/mol. The molecular formula is C16H24N2O3. The molecule has 3 N–H and O–H groups in total. The van der Waals surface area contributed by atoms with Gasteiger partial charge < -0.3 is 20.5 Å². The van der Waals surface area contributed by atoms with Gasteiger partial charge in [0.1, 0.15) is 0 Å². The summed E-state index contributed by atoms with van der Waals surface area (Å²) < 4.78 is 5.46. The minimum atomic E-state index is -0.177. The fourth-order valence-electron chi connectivity index (χ4n) is 2.56. The molecule has 1 aromatic rings. The Labute approximate surface area is 125 Å². The second-order valence-electron chi connectivity index (χ2n) is 5.35. The van der Waals surface area contributed by atoms with Gasteiger partial charge in [-0.05, 0) is 24.8 Å². The van der Waals surface area contributed by atoms with E-state index in [0.717, 1.165) is 25.0 Å². The summed E-state index contributed by atoms with van der Waals surface area (Å²) in [4.78, 5) is 11.8. The molecule has 2 unspecified atom stereocenters. The lowest BCUT2D eigenvalue weighted by atomic mass is 9.96. The predicted molar refractivity (Wildman–Crippen MR) is 81.3 cm³/mol. The number of carbonyl (C=O) groups excluding carboxylic acids is 1. The highest BCUT2D eigenvalue weighted by Gasteiger charge is 2.17. The van der Waals surface area contributed by atoms with Gasteiger partial charge in [0.05, 0.1) is 6.10 Å². The summed E-state index contributed by atoms with van der Waals surface area (Å²) in [5, 5.41) is 14.9. The summed E-state index contributed by atoms with van der Waals surface area (Å²) in [6.45, 7) is 1.98. The van der Waals surface area contributed by atoms with Gasteiger partial charge in [0.25, 0.3) is 0 Å². The van der Waals surface area contributed by atoms with Crippen molar-refractivity contribution in [1.29, 1.82) is 0 Å². The molecule has 0 aliphatic carbocycles. The van der Waals surface area contributed by atoms with Crippen molar-refractivity contribution in [2.75, 3.05) is 26.3 Å². The maximum absolute atomic E-state index is 11.8. The van der Waals surface area contributed by atoms with E-state index in [1.54, 1.807) is 0 Å². The molecule has 2 rings (SSSR count). The van der Waals surface area contributed by atoms with Gasteiger partial charge in [0.15, 0.2) is 0 Å². The number of rotatable bonds is 7.